The van der Waals surface area contributed by atoms with Crippen molar-refractivity contribution in [2.24, 2.45) is 0 Å². The van der Waals surface area contributed by atoms with Gasteiger partial charge in [0.1, 0.15) is 5.75 Å². The van der Waals surface area contributed by atoms with E-state index in [1.165, 1.54) is 49.6 Å². The van der Waals surface area contributed by atoms with Crippen molar-refractivity contribution in [2.45, 2.75) is 11.1 Å². The van der Waals surface area contributed by atoms with Crippen molar-refractivity contribution in [1.82, 2.24) is 0 Å². The zero-order valence-corrected chi connectivity index (χ0v) is 19.6. The minimum Gasteiger partial charge on any atom is -0.496 e. The number of fused-ring (bicyclic) bond motifs is 2. The number of sulfonamides is 1. The normalized spacial score (nSPS) is 15.8. The topological polar surface area (TPSA) is 112 Å². The first-order chi connectivity index (χ1) is 17.5. The van der Waals surface area contributed by atoms with Crippen LogP contribution < -0.4 is 18.5 Å². The van der Waals surface area contributed by atoms with Crippen LogP contribution in [0, 0.1) is 0 Å². The number of alkyl halides is 3. The lowest BCUT2D eigenvalue weighted by Gasteiger charge is -2.34. The Morgan fingerprint density at radius 3 is 2.32 bits per heavy atom. The third kappa shape index (κ3) is 3.96. The number of nitrogens with zero attached hydrogens (tertiary/aromatic N) is 1. The second-order valence-electron chi connectivity index (χ2n) is 7.73. The van der Waals surface area contributed by atoms with Crippen LogP contribution in [0.5, 0.6) is 17.2 Å². The molecule has 2 heterocycles. The summed E-state index contributed by atoms with van der Waals surface area (Å²) in [5.74, 6) is -0.256. The van der Waals surface area contributed by atoms with Crippen molar-refractivity contribution >= 4 is 27.4 Å². The van der Waals surface area contributed by atoms with Crippen LogP contribution in [-0.4, -0.2) is 33.6 Å². The van der Waals surface area contributed by atoms with Crippen LogP contribution in [0.15, 0.2) is 71.4 Å². The number of carbonyl (C=O) groups is 1. The molecular weight excluding hydrogens is 519 g/mol. The Hall–Kier alpha value is -4.39. The highest BCUT2D eigenvalue weighted by atomic mass is 32.2. The van der Waals surface area contributed by atoms with Crippen LogP contribution in [0.2, 0.25) is 0 Å². The summed E-state index contributed by atoms with van der Waals surface area (Å²) in [6.45, 7) is -0.116. The molecule has 0 atom stereocenters. The van der Waals surface area contributed by atoms with Crippen LogP contribution in [0.25, 0.3) is 5.57 Å². The Labute approximate surface area is 207 Å². The second-order valence-corrected chi connectivity index (χ2v) is 9.49. The molecular formula is C24H16F3NO8S. The third-order valence-corrected chi connectivity index (χ3v) is 7.40. The summed E-state index contributed by atoms with van der Waals surface area (Å²) < 4.78 is 90.9. The number of benzene rings is 3. The minimum atomic E-state index is -4.98. The van der Waals surface area contributed by atoms with E-state index in [1.54, 1.807) is 0 Å². The molecule has 13 heteroatoms. The van der Waals surface area contributed by atoms with Gasteiger partial charge in [-0.05, 0) is 24.3 Å². The summed E-state index contributed by atoms with van der Waals surface area (Å²) in [5, 5.41) is 9.55. The number of para-hydroxylation sites is 1. The number of rotatable bonds is 4. The minimum absolute atomic E-state index is 0.0170. The molecule has 0 saturated heterocycles. The average molecular weight is 535 g/mol. The molecule has 0 bridgehead atoms. The molecule has 0 radical (unpaired) electrons. The van der Waals surface area contributed by atoms with Gasteiger partial charge in [-0.3, -0.25) is 0 Å². The third-order valence-electron chi connectivity index (χ3n) is 5.65. The lowest BCUT2D eigenvalue weighted by Crippen LogP contribution is -2.38. The monoisotopic (exact) mass is 535 g/mol. The first kappa shape index (κ1) is 24.3. The summed E-state index contributed by atoms with van der Waals surface area (Å²) in [6, 6.07) is 12.2. The first-order valence-electron chi connectivity index (χ1n) is 10.5. The molecule has 3 aromatic carbocycles. The molecule has 2 aliphatic rings. The molecule has 0 aromatic heterocycles. The van der Waals surface area contributed by atoms with E-state index in [0.29, 0.717) is 11.8 Å². The number of anilines is 1. The number of ether oxygens (including phenoxy) is 4. The van der Waals surface area contributed by atoms with E-state index in [1.807, 2.05) is 0 Å². The second kappa shape index (κ2) is 8.62. The van der Waals surface area contributed by atoms with E-state index in [9.17, 15) is 31.5 Å². The number of halogens is 3. The molecule has 0 fully saturated rings. The van der Waals surface area contributed by atoms with Crippen molar-refractivity contribution in [3.05, 3.63) is 83.2 Å². The van der Waals surface area contributed by atoms with Gasteiger partial charge in [0.2, 0.25) is 12.7 Å². The zero-order chi connectivity index (χ0) is 26.5. The quantitative estimate of drug-likeness (QED) is 0.462. The molecule has 9 nitrogen and oxygen atoms in total. The maximum atomic E-state index is 14.0. The fourth-order valence-corrected chi connectivity index (χ4v) is 5.83. The van der Waals surface area contributed by atoms with Crippen LogP contribution in [0.4, 0.5) is 23.7 Å². The summed E-state index contributed by atoms with van der Waals surface area (Å²) in [7, 11) is -3.49. The highest BCUT2D eigenvalue weighted by Gasteiger charge is 2.45. The molecule has 2 aliphatic heterocycles. The van der Waals surface area contributed by atoms with E-state index in [4.69, 9.17) is 18.9 Å². The smallest absolute Gasteiger partial charge is 0.496 e. The van der Waals surface area contributed by atoms with E-state index >= 15 is 0 Å². The van der Waals surface area contributed by atoms with E-state index in [2.05, 4.69) is 0 Å². The van der Waals surface area contributed by atoms with Gasteiger partial charge in [0.25, 0.3) is 10.0 Å². The highest BCUT2D eigenvalue weighted by molar-refractivity contribution is 7.93. The zero-order valence-electron chi connectivity index (χ0n) is 18.8. The Balaban J connectivity index is 1.93. The van der Waals surface area contributed by atoms with E-state index in [0.717, 1.165) is 12.1 Å². The molecule has 192 valence electrons. The van der Waals surface area contributed by atoms with Crippen molar-refractivity contribution in [1.29, 1.82) is 0 Å². The number of carboxylic acid groups (broad SMARTS) is 1. The van der Waals surface area contributed by atoms with Crippen LogP contribution >= 0.6 is 0 Å². The molecule has 0 unspecified atom stereocenters. The van der Waals surface area contributed by atoms with Crippen LogP contribution in [-0.2, 0) is 20.9 Å². The maximum absolute atomic E-state index is 14.0. The van der Waals surface area contributed by atoms with Gasteiger partial charge in [-0.2, -0.15) is 13.2 Å². The maximum Gasteiger partial charge on any atom is 0.512 e. The molecule has 0 amide bonds. The fourth-order valence-electron chi connectivity index (χ4n) is 4.17. The van der Waals surface area contributed by atoms with Crippen molar-refractivity contribution in [3.63, 3.8) is 0 Å². The highest BCUT2D eigenvalue weighted by Crippen LogP contribution is 2.50. The summed E-state index contributed by atoms with van der Waals surface area (Å²) in [5.41, 5.74) is -2.24. The van der Waals surface area contributed by atoms with Crippen molar-refractivity contribution in [2.75, 3.05) is 18.2 Å². The van der Waals surface area contributed by atoms with Gasteiger partial charge in [-0.15, -0.1) is 0 Å². The lowest BCUT2D eigenvalue weighted by atomic mass is 9.96. The van der Waals surface area contributed by atoms with Gasteiger partial charge in [-0.1, -0.05) is 30.3 Å². The van der Waals surface area contributed by atoms with Crippen LogP contribution in [0.3, 0.4) is 0 Å². The first-order valence-corrected chi connectivity index (χ1v) is 11.9. The molecule has 0 aliphatic carbocycles. The number of hydrogen-bond donors (Lipinski definition) is 1. The van der Waals surface area contributed by atoms with Gasteiger partial charge in [0, 0.05) is 17.2 Å². The molecule has 0 saturated carbocycles. The molecule has 1 N–H and O–H groups in total. The van der Waals surface area contributed by atoms with Gasteiger partial charge in [0.15, 0.2) is 11.5 Å². The SMILES string of the molecule is COc1cc2c(cc1C1=C(OC(=O)O)N(c3ccccc3C(F)(F)F)S(=O)(=O)c3ccccc31)OCO2. The Morgan fingerprint density at radius 1 is 1.00 bits per heavy atom. The summed E-state index contributed by atoms with van der Waals surface area (Å²) >= 11 is 0. The van der Waals surface area contributed by atoms with Gasteiger partial charge in [-0.25, -0.2) is 17.5 Å². The Morgan fingerprint density at radius 2 is 1.65 bits per heavy atom. The van der Waals surface area contributed by atoms with E-state index in [-0.39, 0.29) is 44.2 Å². The number of hydrogen-bond acceptors (Lipinski definition) is 7. The Kier molecular flexibility index (Phi) is 5.67. The predicted molar refractivity (Wildman–Crippen MR) is 122 cm³/mol. The molecule has 0 spiro atoms. The van der Waals surface area contributed by atoms with Crippen molar-refractivity contribution < 1.29 is 50.4 Å². The van der Waals surface area contributed by atoms with E-state index < -0.39 is 39.5 Å². The molecule has 5 rings (SSSR count). The van der Waals surface area contributed by atoms with Gasteiger partial charge < -0.3 is 24.1 Å². The lowest BCUT2D eigenvalue weighted by molar-refractivity contribution is -0.137. The fraction of sp³-hybridized carbons (Fsp3) is 0.125. The average Bonchev–Trinajstić information content (AvgIpc) is 3.30. The standard InChI is InChI=1S/C24H16F3NO8S/c1-33-17-11-19-18(34-12-35-19)10-14(17)21-13-6-2-5-9-20(13)37(31,32)28(22(21)36-23(29)30)16-8-4-3-7-15(16)24(25,26)27/h2-11H,12H2,1H3,(H,29,30). The summed E-state index contributed by atoms with van der Waals surface area (Å²) in [6.07, 6.45) is -6.93. The predicted octanol–water partition coefficient (Wildman–Crippen LogP) is 5.06. The van der Waals surface area contributed by atoms with Gasteiger partial charge in [0.05, 0.1) is 28.8 Å². The molecule has 37 heavy (non-hydrogen) atoms. The molecule has 3 aromatic rings. The number of methoxy groups -OCH3 is 1. The Bertz CT molecular complexity index is 1570. The summed E-state index contributed by atoms with van der Waals surface area (Å²) in [4.78, 5) is 11.4. The van der Waals surface area contributed by atoms with Crippen molar-refractivity contribution in [3.8, 4) is 17.2 Å². The van der Waals surface area contributed by atoms with Crippen LogP contribution in [0.1, 0.15) is 16.7 Å². The van der Waals surface area contributed by atoms with Gasteiger partial charge >= 0.3 is 12.3 Å². The largest absolute Gasteiger partial charge is 0.512 e.